The van der Waals surface area contributed by atoms with E-state index >= 15 is 0 Å². The Morgan fingerprint density at radius 2 is 1.92 bits per heavy atom. The van der Waals surface area contributed by atoms with Crippen molar-refractivity contribution in [3.63, 3.8) is 0 Å². The summed E-state index contributed by atoms with van der Waals surface area (Å²) < 4.78 is 5.48. The van der Waals surface area contributed by atoms with Crippen molar-refractivity contribution in [3.05, 3.63) is 42.5 Å². The van der Waals surface area contributed by atoms with Crippen LogP contribution in [0.1, 0.15) is 37.7 Å². The number of urea groups is 1. The molecule has 3 amide bonds. The van der Waals surface area contributed by atoms with E-state index in [2.05, 4.69) is 11.9 Å². The number of carbonyl (C=O) groups excluding carboxylic acids is 2. The first-order valence-corrected chi connectivity index (χ1v) is 9.19. The van der Waals surface area contributed by atoms with Crippen LogP contribution in [0.25, 0.3) is 0 Å². The molecular formula is C20H27N3O3. The normalized spacial score (nSPS) is 19.1. The van der Waals surface area contributed by atoms with Gasteiger partial charge in [0.15, 0.2) is 0 Å². The topological polar surface area (TPSA) is 61.9 Å². The van der Waals surface area contributed by atoms with E-state index in [4.69, 9.17) is 4.74 Å². The molecule has 3 rings (SSSR count). The maximum Gasteiger partial charge on any atom is 0.326 e. The van der Waals surface area contributed by atoms with E-state index in [0.29, 0.717) is 19.8 Å². The second kappa shape index (κ2) is 7.91. The molecule has 1 heterocycles. The number of ether oxygens (including phenoxy) is 1. The summed E-state index contributed by atoms with van der Waals surface area (Å²) in [6.45, 7) is 5.05. The molecule has 1 spiro atoms. The Balaban J connectivity index is 1.57. The Hall–Kier alpha value is -2.34. The maximum atomic E-state index is 12.8. The van der Waals surface area contributed by atoms with Crippen LogP contribution in [0.15, 0.2) is 36.9 Å². The van der Waals surface area contributed by atoms with E-state index in [0.717, 1.165) is 43.4 Å². The summed E-state index contributed by atoms with van der Waals surface area (Å²) in [6.07, 6.45) is 6.34. The number of amides is 3. The van der Waals surface area contributed by atoms with Crippen LogP contribution in [0.3, 0.4) is 0 Å². The minimum atomic E-state index is -0.652. The molecular weight excluding hydrogens is 330 g/mol. The van der Waals surface area contributed by atoms with Crippen LogP contribution < -0.4 is 10.1 Å². The van der Waals surface area contributed by atoms with Gasteiger partial charge in [0.2, 0.25) is 0 Å². The third-order valence-electron chi connectivity index (χ3n) is 5.08. The van der Waals surface area contributed by atoms with E-state index in [9.17, 15) is 9.59 Å². The largest absolute Gasteiger partial charge is 0.490 e. The van der Waals surface area contributed by atoms with Crippen LogP contribution >= 0.6 is 0 Å². The van der Waals surface area contributed by atoms with Crippen molar-refractivity contribution in [2.45, 2.75) is 44.2 Å². The van der Waals surface area contributed by atoms with Crippen LogP contribution in [0.2, 0.25) is 0 Å². The second-order valence-corrected chi connectivity index (χ2v) is 7.21. The van der Waals surface area contributed by atoms with Gasteiger partial charge in [-0.1, -0.05) is 44.1 Å². The molecule has 1 saturated carbocycles. The molecule has 0 unspecified atom stereocenters. The first-order valence-electron chi connectivity index (χ1n) is 9.19. The average molecular weight is 357 g/mol. The van der Waals surface area contributed by atoms with Gasteiger partial charge in [-0.3, -0.25) is 9.69 Å². The van der Waals surface area contributed by atoms with Crippen LogP contribution in [-0.2, 0) is 11.3 Å². The van der Waals surface area contributed by atoms with Crippen molar-refractivity contribution in [2.75, 3.05) is 20.3 Å². The van der Waals surface area contributed by atoms with Crippen LogP contribution in [-0.4, -0.2) is 47.6 Å². The molecule has 1 N–H and O–H groups in total. The zero-order chi connectivity index (χ0) is 18.6. The number of carbonyl (C=O) groups is 2. The highest BCUT2D eigenvalue weighted by Gasteiger charge is 2.51. The van der Waals surface area contributed by atoms with Crippen LogP contribution in [0.5, 0.6) is 5.75 Å². The summed E-state index contributed by atoms with van der Waals surface area (Å²) >= 11 is 0. The standard InChI is InChI=1S/C20H27N3O3/c1-3-13-26-17-9-7-16(8-10-17)14-22(2)15-23-18(24)20(21-19(23)25)11-5-4-6-12-20/h3,7-10H,1,4-6,11-15H2,2H3,(H,21,25). The minimum Gasteiger partial charge on any atom is -0.490 e. The molecule has 1 aliphatic carbocycles. The fourth-order valence-electron chi connectivity index (χ4n) is 3.75. The Labute approximate surface area is 154 Å². The maximum absolute atomic E-state index is 12.8. The molecule has 0 radical (unpaired) electrons. The zero-order valence-corrected chi connectivity index (χ0v) is 15.4. The molecule has 0 bridgehead atoms. The van der Waals surface area contributed by atoms with Crippen LogP contribution in [0.4, 0.5) is 4.79 Å². The number of hydrogen-bond donors (Lipinski definition) is 1. The van der Waals surface area contributed by atoms with Crippen molar-refractivity contribution in [2.24, 2.45) is 0 Å². The lowest BCUT2D eigenvalue weighted by atomic mass is 9.82. The molecule has 0 aromatic heterocycles. The molecule has 1 aliphatic heterocycles. The number of nitrogens with zero attached hydrogens (tertiary/aromatic N) is 2. The van der Waals surface area contributed by atoms with Gasteiger partial charge in [-0.05, 0) is 37.6 Å². The number of imide groups is 1. The van der Waals surface area contributed by atoms with E-state index in [1.807, 2.05) is 36.2 Å². The molecule has 1 saturated heterocycles. The minimum absolute atomic E-state index is 0.0674. The number of benzene rings is 1. The van der Waals surface area contributed by atoms with E-state index < -0.39 is 5.54 Å². The number of hydrogen-bond acceptors (Lipinski definition) is 4. The van der Waals surface area contributed by atoms with Crippen molar-refractivity contribution in [1.29, 1.82) is 0 Å². The molecule has 2 fully saturated rings. The lowest BCUT2D eigenvalue weighted by Crippen LogP contribution is -2.48. The Bertz CT molecular complexity index is 665. The molecule has 26 heavy (non-hydrogen) atoms. The summed E-state index contributed by atoms with van der Waals surface area (Å²) in [5.41, 5.74) is 0.443. The van der Waals surface area contributed by atoms with Crippen molar-refractivity contribution < 1.29 is 14.3 Å². The molecule has 6 heteroatoms. The van der Waals surface area contributed by atoms with Gasteiger partial charge in [0.1, 0.15) is 17.9 Å². The highest BCUT2D eigenvalue weighted by Crippen LogP contribution is 2.33. The Kier molecular flexibility index (Phi) is 5.61. The van der Waals surface area contributed by atoms with Crippen molar-refractivity contribution >= 4 is 11.9 Å². The van der Waals surface area contributed by atoms with Gasteiger partial charge in [-0.15, -0.1) is 0 Å². The van der Waals surface area contributed by atoms with E-state index in [1.165, 1.54) is 4.90 Å². The van der Waals surface area contributed by atoms with Crippen molar-refractivity contribution in [3.8, 4) is 5.75 Å². The molecule has 1 aromatic rings. The first kappa shape index (κ1) is 18.5. The predicted molar refractivity (Wildman–Crippen MR) is 99.7 cm³/mol. The lowest BCUT2D eigenvalue weighted by Gasteiger charge is -2.31. The monoisotopic (exact) mass is 357 g/mol. The summed E-state index contributed by atoms with van der Waals surface area (Å²) in [6, 6.07) is 7.54. The summed E-state index contributed by atoms with van der Waals surface area (Å²) in [5, 5.41) is 2.95. The molecule has 2 aliphatic rings. The van der Waals surface area contributed by atoms with Crippen LogP contribution in [0, 0.1) is 0 Å². The molecule has 140 valence electrons. The zero-order valence-electron chi connectivity index (χ0n) is 15.4. The second-order valence-electron chi connectivity index (χ2n) is 7.21. The molecule has 0 atom stereocenters. The van der Waals surface area contributed by atoms with Gasteiger partial charge in [-0.2, -0.15) is 0 Å². The predicted octanol–water partition coefficient (Wildman–Crippen LogP) is 2.90. The van der Waals surface area contributed by atoms with Gasteiger partial charge in [0.05, 0.1) is 6.67 Å². The van der Waals surface area contributed by atoms with E-state index in [1.54, 1.807) is 6.08 Å². The van der Waals surface area contributed by atoms with Gasteiger partial charge < -0.3 is 10.1 Å². The summed E-state index contributed by atoms with van der Waals surface area (Å²) in [4.78, 5) is 28.5. The van der Waals surface area contributed by atoms with Gasteiger partial charge in [0.25, 0.3) is 5.91 Å². The van der Waals surface area contributed by atoms with E-state index in [-0.39, 0.29) is 11.9 Å². The lowest BCUT2D eigenvalue weighted by molar-refractivity contribution is -0.133. The third-order valence-corrected chi connectivity index (χ3v) is 5.08. The fraction of sp³-hybridized carbons (Fsp3) is 0.500. The van der Waals surface area contributed by atoms with Gasteiger partial charge >= 0.3 is 6.03 Å². The molecule has 6 nitrogen and oxygen atoms in total. The molecule has 1 aromatic carbocycles. The SMILES string of the molecule is C=CCOc1ccc(CN(C)CN2C(=O)NC3(CCCCC3)C2=O)cc1. The summed E-state index contributed by atoms with van der Waals surface area (Å²) in [7, 11) is 1.91. The smallest absolute Gasteiger partial charge is 0.326 e. The van der Waals surface area contributed by atoms with Crippen molar-refractivity contribution in [1.82, 2.24) is 15.1 Å². The fourth-order valence-corrected chi connectivity index (χ4v) is 3.75. The highest BCUT2D eigenvalue weighted by atomic mass is 16.5. The first-order chi connectivity index (χ1) is 12.5. The van der Waals surface area contributed by atoms with Gasteiger partial charge in [0, 0.05) is 6.54 Å². The van der Waals surface area contributed by atoms with Gasteiger partial charge in [-0.25, -0.2) is 9.69 Å². The average Bonchev–Trinajstić information content (AvgIpc) is 2.86. The number of rotatable bonds is 7. The highest BCUT2D eigenvalue weighted by molar-refractivity contribution is 6.07. The quantitative estimate of drug-likeness (QED) is 0.602. The third kappa shape index (κ3) is 3.90. The Morgan fingerprint density at radius 3 is 2.58 bits per heavy atom. The number of nitrogens with one attached hydrogen (secondary N) is 1. The summed E-state index contributed by atoms with van der Waals surface area (Å²) in [5.74, 6) is 0.729. The Morgan fingerprint density at radius 1 is 1.23 bits per heavy atom.